The number of ether oxygens (including phenoxy) is 1. The molecule has 1 aromatic carbocycles. The molecule has 0 aliphatic carbocycles. The summed E-state index contributed by atoms with van der Waals surface area (Å²) in [7, 11) is 2.01. The van der Waals surface area contributed by atoms with Gasteiger partial charge < -0.3 is 14.6 Å². The molecule has 7 heteroatoms. The van der Waals surface area contributed by atoms with Crippen molar-refractivity contribution >= 4 is 28.3 Å². The fourth-order valence-corrected chi connectivity index (χ4v) is 4.48. The van der Waals surface area contributed by atoms with E-state index in [4.69, 9.17) is 4.74 Å². The Morgan fingerprint density at radius 3 is 2.90 bits per heavy atom. The summed E-state index contributed by atoms with van der Waals surface area (Å²) in [6, 6.07) is 12.4. The molecule has 4 heterocycles. The maximum atomic E-state index is 12.8. The number of nitrogens with one attached hydrogen (secondary N) is 1. The number of hydrogen-bond donors (Lipinski definition) is 1. The van der Waals surface area contributed by atoms with Crippen LogP contribution in [0.4, 0.5) is 0 Å². The summed E-state index contributed by atoms with van der Waals surface area (Å²) in [5.41, 5.74) is 8.56. The second-order valence-electron chi connectivity index (χ2n) is 7.61. The molecule has 0 unspecified atom stereocenters. The van der Waals surface area contributed by atoms with Crippen molar-refractivity contribution in [3.63, 3.8) is 0 Å². The molecule has 1 atom stereocenters. The lowest BCUT2D eigenvalue weighted by molar-refractivity contribution is 0.0925. The molecule has 0 bridgehead atoms. The second-order valence-corrected chi connectivity index (χ2v) is 8.33. The highest BCUT2D eigenvalue weighted by molar-refractivity contribution is 7.07. The highest BCUT2D eigenvalue weighted by Gasteiger charge is 2.21. The van der Waals surface area contributed by atoms with Gasteiger partial charge in [-0.2, -0.15) is 0 Å². The number of carbonyl (C=O) groups excluding carboxylic acids is 1. The fraction of sp³-hybridized carbons (Fsp3) is 0.261. The average molecular weight is 419 g/mol. The predicted molar refractivity (Wildman–Crippen MR) is 118 cm³/mol. The minimum absolute atomic E-state index is 0.0625. The molecule has 1 amide bonds. The predicted octanol–water partition coefficient (Wildman–Crippen LogP) is 3.81. The number of aryl methyl sites for hydroxylation is 1. The monoisotopic (exact) mass is 418 g/mol. The SMILES string of the molecule is Cn1ccc2nc(C(=O)N[C@H]3CCOC3)cc(Cc3ccc(-c4cscn4)cc3)c21. The molecule has 0 spiro atoms. The van der Waals surface area contributed by atoms with Crippen molar-refractivity contribution in [2.75, 3.05) is 13.2 Å². The molecule has 1 aliphatic heterocycles. The number of benzene rings is 1. The molecule has 152 valence electrons. The van der Waals surface area contributed by atoms with Gasteiger partial charge >= 0.3 is 0 Å². The number of amides is 1. The largest absolute Gasteiger partial charge is 0.379 e. The molecule has 1 fully saturated rings. The lowest BCUT2D eigenvalue weighted by Gasteiger charge is -2.13. The van der Waals surface area contributed by atoms with Crippen molar-refractivity contribution in [2.24, 2.45) is 7.05 Å². The van der Waals surface area contributed by atoms with Crippen LogP contribution < -0.4 is 5.32 Å². The van der Waals surface area contributed by atoms with Crippen molar-refractivity contribution < 1.29 is 9.53 Å². The third-order valence-electron chi connectivity index (χ3n) is 5.48. The number of hydrogen-bond acceptors (Lipinski definition) is 5. The normalized spacial score (nSPS) is 16.2. The Morgan fingerprint density at radius 1 is 1.30 bits per heavy atom. The lowest BCUT2D eigenvalue weighted by atomic mass is 10.0. The zero-order valence-corrected chi connectivity index (χ0v) is 17.5. The van der Waals surface area contributed by atoms with Gasteiger partial charge in [-0.3, -0.25) is 4.79 Å². The first-order chi connectivity index (χ1) is 14.7. The van der Waals surface area contributed by atoms with Crippen LogP contribution in [-0.2, 0) is 18.2 Å². The van der Waals surface area contributed by atoms with E-state index in [1.165, 1.54) is 5.56 Å². The number of fused-ring (bicyclic) bond motifs is 1. The van der Waals surface area contributed by atoms with Gasteiger partial charge in [-0.25, -0.2) is 9.97 Å². The first-order valence-corrected chi connectivity index (χ1v) is 10.9. The molecule has 6 nitrogen and oxygen atoms in total. The van der Waals surface area contributed by atoms with Gasteiger partial charge in [-0.1, -0.05) is 24.3 Å². The van der Waals surface area contributed by atoms with Crippen molar-refractivity contribution in [1.29, 1.82) is 0 Å². The van der Waals surface area contributed by atoms with Crippen molar-refractivity contribution in [3.8, 4) is 11.3 Å². The van der Waals surface area contributed by atoms with Crippen LogP contribution in [0.5, 0.6) is 0 Å². The molecule has 1 saturated heterocycles. The van der Waals surface area contributed by atoms with Crippen LogP contribution in [0.15, 0.2) is 53.5 Å². The maximum Gasteiger partial charge on any atom is 0.270 e. The van der Waals surface area contributed by atoms with Crippen LogP contribution in [0.25, 0.3) is 22.3 Å². The first-order valence-electron chi connectivity index (χ1n) is 9.98. The van der Waals surface area contributed by atoms with Gasteiger partial charge in [0, 0.05) is 30.8 Å². The zero-order chi connectivity index (χ0) is 20.5. The molecular weight excluding hydrogens is 396 g/mol. The highest BCUT2D eigenvalue weighted by Crippen LogP contribution is 2.24. The molecule has 0 saturated carbocycles. The Balaban J connectivity index is 1.45. The Labute approximate surface area is 178 Å². The van der Waals surface area contributed by atoms with E-state index in [1.54, 1.807) is 11.3 Å². The summed E-state index contributed by atoms with van der Waals surface area (Å²) in [6.07, 6.45) is 3.55. The van der Waals surface area contributed by atoms with Crippen molar-refractivity contribution in [1.82, 2.24) is 19.9 Å². The molecule has 5 rings (SSSR count). The van der Waals surface area contributed by atoms with E-state index in [0.717, 1.165) is 40.7 Å². The number of thiazole rings is 1. The first kappa shape index (κ1) is 19.0. The Bertz CT molecular complexity index is 1180. The van der Waals surface area contributed by atoms with E-state index in [1.807, 2.05) is 36.3 Å². The third kappa shape index (κ3) is 3.74. The van der Waals surface area contributed by atoms with E-state index in [0.29, 0.717) is 18.9 Å². The fourth-order valence-electron chi connectivity index (χ4n) is 3.92. The third-order valence-corrected chi connectivity index (χ3v) is 6.07. The summed E-state index contributed by atoms with van der Waals surface area (Å²) in [4.78, 5) is 21.8. The van der Waals surface area contributed by atoms with E-state index >= 15 is 0 Å². The van der Waals surface area contributed by atoms with Gasteiger partial charge in [0.1, 0.15) is 5.69 Å². The van der Waals surface area contributed by atoms with Crippen LogP contribution in [0, 0.1) is 0 Å². The van der Waals surface area contributed by atoms with E-state index in [-0.39, 0.29) is 11.9 Å². The Hall–Kier alpha value is -3.03. The summed E-state index contributed by atoms with van der Waals surface area (Å²) in [5.74, 6) is -0.142. The van der Waals surface area contributed by atoms with Gasteiger partial charge in [0.25, 0.3) is 5.91 Å². The second kappa shape index (κ2) is 8.01. The molecule has 1 N–H and O–H groups in total. The van der Waals surface area contributed by atoms with Crippen LogP contribution in [-0.4, -0.2) is 39.7 Å². The Kier molecular flexibility index (Phi) is 5.06. The number of rotatable bonds is 5. The molecule has 4 aromatic rings. The molecule has 1 aliphatic rings. The minimum Gasteiger partial charge on any atom is -0.379 e. The van der Waals surface area contributed by atoms with Crippen LogP contribution >= 0.6 is 11.3 Å². The van der Waals surface area contributed by atoms with Crippen LogP contribution in [0.3, 0.4) is 0 Å². The topological polar surface area (TPSA) is 69.0 Å². The van der Waals surface area contributed by atoms with Crippen LogP contribution in [0.2, 0.25) is 0 Å². The maximum absolute atomic E-state index is 12.8. The van der Waals surface area contributed by atoms with E-state index in [9.17, 15) is 4.79 Å². The van der Waals surface area contributed by atoms with Gasteiger partial charge in [0.05, 0.1) is 34.9 Å². The van der Waals surface area contributed by atoms with Gasteiger partial charge in [0.2, 0.25) is 0 Å². The van der Waals surface area contributed by atoms with E-state index in [2.05, 4.69) is 44.1 Å². The Morgan fingerprint density at radius 2 is 2.17 bits per heavy atom. The van der Waals surface area contributed by atoms with Gasteiger partial charge in [-0.15, -0.1) is 11.3 Å². The van der Waals surface area contributed by atoms with Gasteiger partial charge in [-0.05, 0) is 36.1 Å². The highest BCUT2D eigenvalue weighted by atomic mass is 32.1. The molecule has 0 radical (unpaired) electrons. The number of carbonyl (C=O) groups is 1. The number of aromatic nitrogens is 3. The van der Waals surface area contributed by atoms with Gasteiger partial charge in [0.15, 0.2) is 0 Å². The standard InChI is InChI=1S/C23H22N4O2S/c1-27-8-6-19-22(27)17(11-20(26-19)23(28)25-18-7-9-29-12-18)10-15-2-4-16(5-3-15)21-13-30-14-24-21/h2-6,8,11,13-14,18H,7,9-10,12H2,1H3,(H,25,28)/t18-/m0/s1. The zero-order valence-electron chi connectivity index (χ0n) is 16.7. The smallest absolute Gasteiger partial charge is 0.270 e. The average Bonchev–Trinajstić information content (AvgIpc) is 3.51. The molecule has 3 aromatic heterocycles. The summed E-state index contributed by atoms with van der Waals surface area (Å²) in [6.45, 7) is 1.26. The lowest BCUT2D eigenvalue weighted by Crippen LogP contribution is -2.35. The van der Waals surface area contributed by atoms with Crippen molar-refractivity contribution in [2.45, 2.75) is 18.9 Å². The number of pyridine rings is 1. The van der Waals surface area contributed by atoms with E-state index < -0.39 is 0 Å². The summed E-state index contributed by atoms with van der Waals surface area (Å²) < 4.78 is 7.43. The van der Waals surface area contributed by atoms with Crippen molar-refractivity contribution in [3.05, 3.63) is 70.3 Å². The summed E-state index contributed by atoms with van der Waals surface area (Å²) in [5, 5.41) is 5.09. The number of nitrogens with zero attached hydrogens (tertiary/aromatic N) is 3. The minimum atomic E-state index is -0.142. The van der Waals surface area contributed by atoms with Crippen LogP contribution in [0.1, 0.15) is 28.0 Å². The molecular formula is C23H22N4O2S. The summed E-state index contributed by atoms with van der Waals surface area (Å²) >= 11 is 1.59. The molecule has 30 heavy (non-hydrogen) atoms. The quantitative estimate of drug-likeness (QED) is 0.535.